The van der Waals surface area contributed by atoms with Crippen LogP contribution in [0.15, 0.2) is 24.3 Å². The Morgan fingerprint density at radius 2 is 2.10 bits per heavy atom. The highest BCUT2D eigenvalue weighted by atomic mass is 16.2. The molecule has 2 aromatic rings. The van der Waals surface area contributed by atoms with Crippen molar-refractivity contribution >= 4 is 16.9 Å². The minimum absolute atomic E-state index is 0.0489. The third-order valence-corrected chi connectivity index (χ3v) is 4.09. The second-order valence-electron chi connectivity index (χ2n) is 5.51. The number of likely N-dealkylation sites (N-methyl/N-ethyl adjacent to an activating group) is 1. The summed E-state index contributed by atoms with van der Waals surface area (Å²) in [7, 11) is 3.87. The van der Waals surface area contributed by atoms with Gasteiger partial charge in [-0.1, -0.05) is 12.1 Å². The molecule has 0 bridgehead atoms. The van der Waals surface area contributed by atoms with Crippen molar-refractivity contribution in [3.8, 4) is 0 Å². The van der Waals surface area contributed by atoms with Gasteiger partial charge in [0, 0.05) is 20.6 Å². The molecule has 5 nitrogen and oxygen atoms in total. The molecule has 2 heterocycles. The van der Waals surface area contributed by atoms with E-state index in [9.17, 15) is 4.79 Å². The molecule has 1 aromatic heterocycles. The van der Waals surface area contributed by atoms with Crippen LogP contribution in [0, 0.1) is 0 Å². The van der Waals surface area contributed by atoms with Crippen molar-refractivity contribution in [2.75, 3.05) is 13.6 Å². The Labute approximate surface area is 118 Å². The number of amides is 1. The van der Waals surface area contributed by atoms with Crippen LogP contribution in [0.3, 0.4) is 0 Å². The lowest BCUT2D eigenvalue weighted by Gasteiger charge is -2.18. The summed E-state index contributed by atoms with van der Waals surface area (Å²) in [5.41, 5.74) is 2.11. The van der Waals surface area contributed by atoms with Crippen LogP contribution in [0.5, 0.6) is 0 Å². The first-order chi connectivity index (χ1) is 9.58. The molecule has 1 amide bonds. The van der Waals surface area contributed by atoms with E-state index in [0.29, 0.717) is 0 Å². The van der Waals surface area contributed by atoms with Crippen molar-refractivity contribution in [2.45, 2.75) is 25.4 Å². The van der Waals surface area contributed by atoms with Gasteiger partial charge in [0.1, 0.15) is 5.82 Å². The Bertz CT molecular complexity index is 648. The van der Waals surface area contributed by atoms with E-state index < -0.39 is 0 Å². The molecule has 1 fully saturated rings. The van der Waals surface area contributed by atoms with Gasteiger partial charge >= 0.3 is 0 Å². The normalized spacial score (nSPS) is 20.9. The van der Waals surface area contributed by atoms with Gasteiger partial charge in [0.25, 0.3) is 0 Å². The number of carbonyl (C=O) groups excluding carboxylic acids is 1. The third-order valence-electron chi connectivity index (χ3n) is 4.09. The molecule has 0 radical (unpaired) electrons. The molecule has 0 saturated carbocycles. The van der Waals surface area contributed by atoms with Crippen LogP contribution >= 0.6 is 0 Å². The molecule has 1 N–H and O–H groups in total. The standard InChI is InChI=1S/C15H20N4O/c1-10(16-12-8-9-18(2)15(12)20)14-17-11-6-4-5-7-13(11)19(14)3/h4-7,10,12,16H,8-9H2,1-3H3. The zero-order chi connectivity index (χ0) is 14.3. The first kappa shape index (κ1) is 13.1. The Kier molecular flexibility index (Phi) is 3.22. The van der Waals surface area contributed by atoms with Gasteiger partial charge in [-0.3, -0.25) is 10.1 Å². The van der Waals surface area contributed by atoms with E-state index in [4.69, 9.17) is 0 Å². The van der Waals surface area contributed by atoms with Gasteiger partial charge in [-0.2, -0.15) is 0 Å². The van der Waals surface area contributed by atoms with Gasteiger partial charge in [-0.25, -0.2) is 4.98 Å². The minimum atomic E-state index is -0.0881. The molecular formula is C15H20N4O. The summed E-state index contributed by atoms with van der Waals surface area (Å²) in [6.45, 7) is 2.89. The summed E-state index contributed by atoms with van der Waals surface area (Å²) in [6, 6.07) is 8.05. The Morgan fingerprint density at radius 3 is 2.75 bits per heavy atom. The van der Waals surface area contributed by atoms with Gasteiger partial charge < -0.3 is 9.47 Å². The van der Waals surface area contributed by atoms with Crippen molar-refractivity contribution in [2.24, 2.45) is 7.05 Å². The molecule has 0 spiro atoms. The van der Waals surface area contributed by atoms with Gasteiger partial charge in [0.05, 0.1) is 23.1 Å². The van der Waals surface area contributed by atoms with E-state index in [0.717, 1.165) is 29.8 Å². The molecule has 1 aliphatic heterocycles. The van der Waals surface area contributed by atoms with E-state index in [1.165, 1.54) is 0 Å². The van der Waals surface area contributed by atoms with Gasteiger partial charge in [-0.15, -0.1) is 0 Å². The largest absolute Gasteiger partial charge is 0.344 e. The predicted octanol–water partition coefficient (Wildman–Crippen LogP) is 1.45. The van der Waals surface area contributed by atoms with Crippen molar-refractivity contribution < 1.29 is 4.79 Å². The smallest absolute Gasteiger partial charge is 0.239 e. The lowest BCUT2D eigenvalue weighted by atomic mass is 10.2. The number of nitrogens with zero attached hydrogens (tertiary/aromatic N) is 3. The number of benzene rings is 1. The number of carbonyl (C=O) groups is 1. The van der Waals surface area contributed by atoms with Crippen LogP contribution in [-0.4, -0.2) is 40.0 Å². The number of fused-ring (bicyclic) bond motifs is 1. The predicted molar refractivity (Wildman–Crippen MR) is 78.3 cm³/mol. The molecule has 1 aliphatic rings. The fourth-order valence-electron chi connectivity index (χ4n) is 2.90. The van der Waals surface area contributed by atoms with Crippen molar-refractivity contribution in [1.82, 2.24) is 19.8 Å². The second-order valence-corrected chi connectivity index (χ2v) is 5.51. The number of nitrogens with one attached hydrogen (secondary N) is 1. The molecule has 2 atom stereocenters. The van der Waals surface area contributed by atoms with Crippen molar-refractivity contribution in [1.29, 1.82) is 0 Å². The quantitative estimate of drug-likeness (QED) is 0.920. The lowest BCUT2D eigenvalue weighted by Crippen LogP contribution is -2.38. The molecule has 106 valence electrons. The number of rotatable bonds is 3. The van der Waals surface area contributed by atoms with Crippen molar-refractivity contribution in [3.63, 3.8) is 0 Å². The summed E-state index contributed by atoms with van der Waals surface area (Å²) in [5, 5.41) is 3.40. The first-order valence-corrected chi connectivity index (χ1v) is 7.00. The van der Waals surface area contributed by atoms with Crippen LogP contribution in [0.1, 0.15) is 25.2 Å². The number of likely N-dealkylation sites (tertiary alicyclic amines) is 1. The van der Waals surface area contributed by atoms with Gasteiger partial charge in [0.2, 0.25) is 5.91 Å². The Balaban J connectivity index is 1.84. The average molecular weight is 272 g/mol. The van der Waals surface area contributed by atoms with Crippen LogP contribution in [0.25, 0.3) is 11.0 Å². The van der Waals surface area contributed by atoms with Gasteiger partial charge in [0.15, 0.2) is 0 Å². The zero-order valence-corrected chi connectivity index (χ0v) is 12.1. The topological polar surface area (TPSA) is 50.2 Å². The summed E-state index contributed by atoms with van der Waals surface area (Å²) >= 11 is 0. The summed E-state index contributed by atoms with van der Waals surface area (Å²) in [4.78, 5) is 18.4. The number of aryl methyl sites for hydroxylation is 1. The molecular weight excluding hydrogens is 252 g/mol. The number of hydrogen-bond donors (Lipinski definition) is 1. The number of hydrogen-bond acceptors (Lipinski definition) is 3. The monoisotopic (exact) mass is 272 g/mol. The van der Waals surface area contributed by atoms with Crippen LogP contribution in [0.4, 0.5) is 0 Å². The highest BCUT2D eigenvalue weighted by Gasteiger charge is 2.30. The van der Waals surface area contributed by atoms with Crippen LogP contribution < -0.4 is 5.32 Å². The van der Waals surface area contributed by atoms with E-state index in [-0.39, 0.29) is 18.0 Å². The summed E-state index contributed by atoms with van der Waals surface area (Å²) < 4.78 is 2.09. The molecule has 0 aliphatic carbocycles. The lowest BCUT2D eigenvalue weighted by molar-refractivity contribution is -0.128. The van der Waals surface area contributed by atoms with E-state index >= 15 is 0 Å². The SMILES string of the molecule is CC(NC1CCN(C)C1=O)c1nc2ccccc2n1C. The Morgan fingerprint density at radius 1 is 1.35 bits per heavy atom. The van der Waals surface area contributed by atoms with Crippen molar-refractivity contribution in [3.05, 3.63) is 30.1 Å². The third kappa shape index (κ3) is 2.08. The maximum atomic E-state index is 12.0. The number of aromatic nitrogens is 2. The van der Waals surface area contributed by atoms with Gasteiger partial charge in [-0.05, 0) is 25.5 Å². The molecule has 1 aromatic carbocycles. The highest BCUT2D eigenvalue weighted by Crippen LogP contribution is 2.21. The molecule has 2 unspecified atom stereocenters. The molecule has 20 heavy (non-hydrogen) atoms. The second kappa shape index (κ2) is 4.90. The number of imidazole rings is 1. The first-order valence-electron chi connectivity index (χ1n) is 7.00. The average Bonchev–Trinajstić information content (AvgIpc) is 2.94. The number of para-hydroxylation sites is 2. The minimum Gasteiger partial charge on any atom is -0.344 e. The van der Waals surface area contributed by atoms with E-state index in [1.807, 2.05) is 32.3 Å². The summed E-state index contributed by atoms with van der Waals surface area (Å²) in [6.07, 6.45) is 0.865. The fourth-order valence-corrected chi connectivity index (χ4v) is 2.90. The van der Waals surface area contributed by atoms with E-state index in [1.54, 1.807) is 4.90 Å². The van der Waals surface area contributed by atoms with E-state index in [2.05, 4.69) is 27.9 Å². The van der Waals surface area contributed by atoms with Crippen LogP contribution in [-0.2, 0) is 11.8 Å². The molecule has 1 saturated heterocycles. The maximum Gasteiger partial charge on any atom is 0.239 e. The maximum absolute atomic E-state index is 12.0. The molecule has 5 heteroatoms. The zero-order valence-electron chi connectivity index (χ0n) is 12.1. The highest BCUT2D eigenvalue weighted by molar-refractivity contribution is 5.83. The van der Waals surface area contributed by atoms with Crippen LogP contribution in [0.2, 0.25) is 0 Å². The fraction of sp³-hybridized carbons (Fsp3) is 0.467. The molecule has 3 rings (SSSR count). The Hall–Kier alpha value is -1.88. The summed E-state index contributed by atoms with van der Waals surface area (Å²) in [5.74, 6) is 1.14.